The van der Waals surface area contributed by atoms with Gasteiger partial charge in [-0.1, -0.05) is 29.8 Å². The number of carbonyl (C=O) groups excluding carboxylic acids is 1. The molecule has 0 aliphatic heterocycles. The summed E-state index contributed by atoms with van der Waals surface area (Å²) in [6.07, 6.45) is 2.45. The summed E-state index contributed by atoms with van der Waals surface area (Å²) in [5, 5.41) is 6.61. The molecule has 2 rings (SSSR count). The molecule has 0 saturated heterocycles. The van der Waals surface area contributed by atoms with E-state index in [2.05, 4.69) is 33.1 Å². The fourth-order valence-corrected chi connectivity index (χ4v) is 2.97. The standard InChI is InChI=1S/C20H23IN2O4/c1-4-9-26-20-17(21)10-15(11-18(20)25-3)12-22-27-13-19(24)23-16-7-5-14(2)6-8-16/h5-8,10-12H,4,9,13H2,1-3H3,(H,23,24)/b22-12+. The summed E-state index contributed by atoms with van der Waals surface area (Å²) in [7, 11) is 1.59. The zero-order valence-electron chi connectivity index (χ0n) is 15.6. The van der Waals surface area contributed by atoms with Crippen LogP contribution in [0, 0.1) is 10.5 Å². The molecule has 144 valence electrons. The first kappa shape index (κ1) is 21.0. The van der Waals surface area contributed by atoms with Crippen molar-refractivity contribution in [2.75, 3.05) is 25.6 Å². The quantitative estimate of drug-likeness (QED) is 0.327. The fourth-order valence-electron chi connectivity index (χ4n) is 2.19. The number of nitrogens with zero attached hydrogens (tertiary/aromatic N) is 1. The van der Waals surface area contributed by atoms with Crippen LogP contribution in [0.1, 0.15) is 24.5 Å². The van der Waals surface area contributed by atoms with Gasteiger partial charge in [0.2, 0.25) is 0 Å². The van der Waals surface area contributed by atoms with Gasteiger partial charge in [-0.15, -0.1) is 0 Å². The van der Waals surface area contributed by atoms with Gasteiger partial charge >= 0.3 is 0 Å². The number of rotatable bonds is 9. The van der Waals surface area contributed by atoms with E-state index in [-0.39, 0.29) is 12.5 Å². The zero-order chi connectivity index (χ0) is 19.6. The smallest absolute Gasteiger partial charge is 0.265 e. The highest BCUT2D eigenvalue weighted by Gasteiger charge is 2.11. The Balaban J connectivity index is 1.90. The molecule has 0 heterocycles. The summed E-state index contributed by atoms with van der Waals surface area (Å²) in [5.74, 6) is 1.08. The molecule has 0 aliphatic rings. The molecule has 0 aliphatic carbocycles. The fraction of sp³-hybridized carbons (Fsp3) is 0.300. The number of anilines is 1. The van der Waals surface area contributed by atoms with E-state index in [0.717, 1.165) is 32.6 Å². The second-order valence-electron chi connectivity index (χ2n) is 5.80. The lowest BCUT2D eigenvalue weighted by atomic mass is 10.2. The molecule has 0 atom stereocenters. The lowest BCUT2D eigenvalue weighted by Crippen LogP contribution is -2.16. The summed E-state index contributed by atoms with van der Waals surface area (Å²) < 4.78 is 12.0. The molecular weight excluding hydrogens is 459 g/mol. The van der Waals surface area contributed by atoms with E-state index in [1.165, 1.54) is 6.21 Å². The molecule has 0 saturated carbocycles. The van der Waals surface area contributed by atoms with Gasteiger partial charge in [0, 0.05) is 11.3 Å². The van der Waals surface area contributed by atoms with Crippen LogP contribution in [0.3, 0.4) is 0 Å². The molecule has 0 bridgehead atoms. The van der Waals surface area contributed by atoms with Crippen molar-refractivity contribution < 1.29 is 19.1 Å². The zero-order valence-corrected chi connectivity index (χ0v) is 17.8. The van der Waals surface area contributed by atoms with E-state index in [1.54, 1.807) is 7.11 Å². The number of nitrogens with one attached hydrogen (secondary N) is 1. The van der Waals surface area contributed by atoms with E-state index < -0.39 is 0 Å². The van der Waals surface area contributed by atoms with Crippen LogP contribution in [0.15, 0.2) is 41.6 Å². The van der Waals surface area contributed by atoms with Crippen LogP contribution < -0.4 is 14.8 Å². The predicted octanol–water partition coefficient (Wildman–Crippen LogP) is 4.39. The summed E-state index contributed by atoms with van der Waals surface area (Å²) in [6, 6.07) is 11.3. The molecule has 2 aromatic rings. The van der Waals surface area contributed by atoms with Gasteiger partial charge in [0.25, 0.3) is 5.91 Å². The Bertz CT molecular complexity index is 791. The van der Waals surface area contributed by atoms with Crippen LogP contribution in [-0.4, -0.2) is 32.4 Å². The highest BCUT2D eigenvalue weighted by atomic mass is 127. The number of carbonyl (C=O) groups is 1. The molecule has 1 N–H and O–H groups in total. The third-order valence-corrected chi connectivity index (χ3v) is 4.31. The Morgan fingerprint density at radius 3 is 2.67 bits per heavy atom. The molecule has 0 spiro atoms. The second-order valence-corrected chi connectivity index (χ2v) is 6.97. The Hall–Kier alpha value is -2.29. The maximum absolute atomic E-state index is 11.9. The van der Waals surface area contributed by atoms with Gasteiger partial charge in [-0.05, 0) is 60.2 Å². The molecule has 2 aromatic carbocycles. The van der Waals surface area contributed by atoms with Crippen LogP contribution in [0.4, 0.5) is 5.69 Å². The molecular formula is C20H23IN2O4. The Morgan fingerprint density at radius 1 is 1.26 bits per heavy atom. The predicted molar refractivity (Wildman–Crippen MR) is 115 cm³/mol. The number of oxime groups is 1. The molecule has 0 fully saturated rings. The van der Waals surface area contributed by atoms with Crippen LogP contribution >= 0.6 is 22.6 Å². The number of benzene rings is 2. The number of ether oxygens (including phenoxy) is 2. The van der Waals surface area contributed by atoms with Crippen LogP contribution in [-0.2, 0) is 9.63 Å². The van der Waals surface area contributed by atoms with Crippen molar-refractivity contribution in [3.63, 3.8) is 0 Å². The number of hydrogen-bond acceptors (Lipinski definition) is 5. The molecule has 0 aromatic heterocycles. The highest BCUT2D eigenvalue weighted by molar-refractivity contribution is 14.1. The van der Waals surface area contributed by atoms with Crippen LogP contribution in [0.5, 0.6) is 11.5 Å². The molecule has 27 heavy (non-hydrogen) atoms. The van der Waals surface area contributed by atoms with Crippen LogP contribution in [0.25, 0.3) is 0 Å². The number of aryl methyl sites for hydroxylation is 1. The van der Waals surface area contributed by atoms with E-state index in [0.29, 0.717) is 12.4 Å². The first-order valence-corrected chi connectivity index (χ1v) is 9.63. The molecule has 0 radical (unpaired) electrons. The van der Waals surface area contributed by atoms with Crippen molar-refractivity contribution in [2.24, 2.45) is 5.16 Å². The maximum Gasteiger partial charge on any atom is 0.265 e. The van der Waals surface area contributed by atoms with Gasteiger partial charge in [-0.3, -0.25) is 4.79 Å². The third-order valence-electron chi connectivity index (χ3n) is 3.51. The summed E-state index contributed by atoms with van der Waals surface area (Å²) in [6.45, 7) is 4.49. The van der Waals surface area contributed by atoms with E-state index in [4.69, 9.17) is 14.3 Å². The van der Waals surface area contributed by atoms with Gasteiger partial charge in [0.15, 0.2) is 18.1 Å². The van der Waals surface area contributed by atoms with Gasteiger partial charge in [0.1, 0.15) is 0 Å². The van der Waals surface area contributed by atoms with Gasteiger partial charge in [-0.2, -0.15) is 0 Å². The number of methoxy groups -OCH3 is 1. The van der Waals surface area contributed by atoms with Crippen molar-refractivity contribution in [1.29, 1.82) is 0 Å². The summed E-state index contributed by atoms with van der Waals surface area (Å²) >= 11 is 2.19. The van der Waals surface area contributed by atoms with Gasteiger partial charge in [0.05, 0.1) is 23.5 Å². The Labute approximate surface area is 173 Å². The van der Waals surface area contributed by atoms with Crippen LogP contribution in [0.2, 0.25) is 0 Å². The number of halogens is 1. The SMILES string of the molecule is CCCOc1c(I)cc(/C=N/OCC(=O)Nc2ccc(C)cc2)cc1OC. The minimum Gasteiger partial charge on any atom is -0.493 e. The van der Waals surface area contributed by atoms with Crippen molar-refractivity contribution in [1.82, 2.24) is 0 Å². The van der Waals surface area contributed by atoms with Gasteiger partial charge < -0.3 is 19.6 Å². The molecule has 1 amide bonds. The Morgan fingerprint density at radius 2 is 2.00 bits per heavy atom. The average molecular weight is 482 g/mol. The monoisotopic (exact) mass is 482 g/mol. The van der Waals surface area contributed by atoms with Crippen molar-refractivity contribution in [2.45, 2.75) is 20.3 Å². The first-order valence-electron chi connectivity index (χ1n) is 8.55. The topological polar surface area (TPSA) is 69.2 Å². The van der Waals surface area contributed by atoms with Gasteiger partial charge in [-0.25, -0.2) is 0 Å². The lowest BCUT2D eigenvalue weighted by molar-refractivity contribution is -0.120. The number of hydrogen-bond donors (Lipinski definition) is 1. The Kier molecular flexibility index (Phi) is 8.38. The van der Waals surface area contributed by atoms with Crippen molar-refractivity contribution in [3.8, 4) is 11.5 Å². The third kappa shape index (κ3) is 6.74. The second kappa shape index (κ2) is 10.8. The first-order chi connectivity index (χ1) is 13.0. The average Bonchev–Trinajstić information content (AvgIpc) is 2.66. The van der Waals surface area contributed by atoms with E-state index in [9.17, 15) is 4.79 Å². The highest BCUT2D eigenvalue weighted by Crippen LogP contribution is 2.33. The summed E-state index contributed by atoms with van der Waals surface area (Å²) in [4.78, 5) is 16.9. The lowest BCUT2D eigenvalue weighted by Gasteiger charge is -2.12. The summed E-state index contributed by atoms with van der Waals surface area (Å²) in [5.41, 5.74) is 2.64. The van der Waals surface area contributed by atoms with E-state index in [1.807, 2.05) is 50.2 Å². The normalized spacial score (nSPS) is 10.7. The molecule has 0 unspecified atom stereocenters. The minimum absolute atomic E-state index is 0.170. The minimum atomic E-state index is -0.272. The largest absolute Gasteiger partial charge is 0.493 e. The van der Waals surface area contributed by atoms with Crippen molar-refractivity contribution >= 4 is 40.4 Å². The molecule has 7 heteroatoms. The van der Waals surface area contributed by atoms with E-state index >= 15 is 0 Å². The molecule has 6 nitrogen and oxygen atoms in total. The maximum atomic E-state index is 11.9. The van der Waals surface area contributed by atoms with Crippen molar-refractivity contribution in [3.05, 3.63) is 51.1 Å². The number of amides is 1.